The van der Waals surface area contributed by atoms with Crippen LogP contribution in [0.3, 0.4) is 0 Å². The molecule has 0 saturated carbocycles. The first-order valence-corrected chi connectivity index (χ1v) is 29.0. The van der Waals surface area contributed by atoms with Crippen LogP contribution in [0.5, 0.6) is 0 Å². The molecule has 0 aromatic heterocycles. The molecular formula is C67H104O6. The number of hydrogen-bond acceptors (Lipinski definition) is 6. The molecule has 0 aliphatic heterocycles. The van der Waals surface area contributed by atoms with Gasteiger partial charge in [-0.3, -0.25) is 14.4 Å². The lowest BCUT2D eigenvalue weighted by molar-refractivity contribution is -0.167. The molecule has 0 N–H and O–H groups in total. The van der Waals surface area contributed by atoms with E-state index >= 15 is 0 Å². The Kier molecular flexibility index (Phi) is 55.5. The summed E-state index contributed by atoms with van der Waals surface area (Å²) in [5.74, 6) is -1.02. The summed E-state index contributed by atoms with van der Waals surface area (Å²) in [7, 11) is 0. The van der Waals surface area contributed by atoms with Gasteiger partial charge in [0.25, 0.3) is 0 Å². The molecule has 0 aliphatic rings. The Morgan fingerprint density at radius 3 is 0.877 bits per heavy atom. The molecule has 0 aliphatic carbocycles. The van der Waals surface area contributed by atoms with Crippen LogP contribution in [0.1, 0.15) is 226 Å². The molecule has 0 heterocycles. The number of carbonyl (C=O) groups excluding carboxylic acids is 3. The second-order valence-electron chi connectivity index (χ2n) is 18.4. The predicted molar refractivity (Wildman–Crippen MR) is 315 cm³/mol. The lowest BCUT2D eigenvalue weighted by Gasteiger charge is -2.18. The van der Waals surface area contributed by atoms with Crippen LogP contribution in [-0.4, -0.2) is 37.2 Å². The maximum Gasteiger partial charge on any atom is 0.306 e. The summed E-state index contributed by atoms with van der Waals surface area (Å²) in [6, 6.07) is 0. The zero-order valence-corrected chi connectivity index (χ0v) is 46.6. The highest BCUT2D eigenvalue weighted by atomic mass is 16.6. The Balaban J connectivity index is 4.52. The molecule has 1 atom stereocenters. The average molecular weight is 1010 g/mol. The van der Waals surface area contributed by atoms with E-state index in [4.69, 9.17) is 14.2 Å². The molecule has 0 aromatic carbocycles. The first-order chi connectivity index (χ1) is 36.0. The lowest BCUT2D eigenvalue weighted by Crippen LogP contribution is -2.30. The van der Waals surface area contributed by atoms with E-state index in [1.165, 1.54) is 25.7 Å². The minimum Gasteiger partial charge on any atom is -0.462 e. The fourth-order valence-electron chi connectivity index (χ4n) is 7.21. The fraction of sp³-hybridized carbons (Fsp3) is 0.567. The first-order valence-electron chi connectivity index (χ1n) is 29.0. The van der Waals surface area contributed by atoms with Crippen LogP contribution in [-0.2, 0) is 28.6 Å². The standard InChI is InChI=1S/C67H104O6/c1-4-7-10-13-16-19-22-25-28-29-30-31-32-33-34-35-36-37-40-42-45-48-51-54-57-60-66(69)72-63-64(73-67(70)61-58-55-52-49-46-43-39-27-24-21-18-15-12-9-6-3)62-71-65(68)59-56-53-50-47-44-41-38-26-23-20-17-14-11-8-5-2/h7,9-10,12,16-21,25-28,30-31,33-34,36-39,42,45-46,49,64H,4-6,8,11,13-15,22-24,29,32,35,40-41,43-44,47-48,50-63H2,1-3H3/b10-7-,12-9-,19-16-,20-17-,21-18-,28-25-,31-30-,34-33-,37-36-,38-26-,39-27-,45-42-,49-46-. The average Bonchev–Trinajstić information content (AvgIpc) is 3.39. The third kappa shape index (κ3) is 57.8. The largest absolute Gasteiger partial charge is 0.462 e. The van der Waals surface area contributed by atoms with E-state index in [0.29, 0.717) is 19.3 Å². The van der Waals surface area contributed by atoms with Gasteiger partial charge in [0.1, 0.15) is 13.2 Å². The topological polar surface area (TPSA) is 78.9 Å². The molecule has 6 nitrogen and oxygen atoms in total. The highest BCUT2D eigenvalue weighted by molar-refractivity contribution is 5.71. The van der Waals surface area contributed by atoms with Crippen molar-refractivity contribution < 1.29 is 28.6 Å². The summed E-state index contributed by atoms with van der Waals surface area (Å²) >= 11 is 0. The van der Waals surface area contributed by atoms with Crippen LogP contribution in [0.15, 0.2) is 158 Å². The van der Waals surface area contributed by atoms with Gasteiger partial charge in [0, 0.05) is 19.3 Å². The summed E-state index contributed by atoms with van der Waals surface area (Å²) in [5, 5.41) is 0. The zero-order chi connectivity index (χ0) is 52.9. The van der Waals surface area contributed by atoms with Crippen molar-refractivity contribution in [2.75, 3.05) is 13.2 Å². The van der Waals surface area contributed by atoms with Crippen LogP contribution in [0.4, 0.5) is 0 Å². The molecule has 408 valence electrons. The van der Waals surface area contributed by atoms with Crippen molar-refractivity contribution in [1.29, 1.82) is 0 Å². The quantitative estimate of drug-likeness (QED) is 0.0261. The summed E-state index contributed by atoms with van der Waals surface area (Å²) in [6.45, 7) is 6.29. The van der Waals surface area contributed by atoms with Gasteiger partial charge in [0.2, 0.25) is 0 Å². The van der Waals surface area contributed by atoms with Crippen LogP contribution >= 0.6 is 0 Å². The highest BCUT2D eigenvalue weighted by Crippen LogP contribution is 2.12. The number of rotatable bonds is 50. The van der Waals surface area contributed by atoms with Gasteiger partial charge < -0.3 is 14.2 Å². The van der Waals surface area contributed by atoms with E-state index in [-0.39, 0.29) is 37.5 Å². The fourth-order valence-corrected chi connectivity index (χ4v) is 7.21. The van der Waals surface area contributed by atoms with Gasteiger partial charge in [-0.05, 0) is 148 Å². The Morgan fingerprint density at radius 1 is 0.288 bits per heavy atom. The van der Waals surface area contributed by atoms with Crippen molar-refractivity contribution in [2.45, 2.75) is 232 Å². The second-order valence-corrected chi connectivity index (χ2v) is 18.4. The summed E-state index contributed by atoms with van der Waals surface area (Å²) in [6.07, 6.45) is 86.6. The van der Waals surface area contributed by atoms with Crippen molar-refractivity contribution >= 4 is 17.9 Å². The number of carbonyl (C=O) groups is 3. The predicted octanol–water partition coefficient (Wildman–Crippen LogP) is 19.8. The van der Waals surface area contributed by atoms with Crippen molar-refractivity contribution in [3.63, 3.8) is 0 Å². The van der Waals surface area contributed by atoms with Gasteiger partial charge in [-0.25, -0.2) is 0 Å². The Morgan fingerprint density at radius 2 is 0.534 bits per heavy atom. The van der Waals surface area contributed by atoms with Gasteiger partial charge in [-0.1, -0.05) is 217 Å². The Bertz CT molecular complexity index is 1670. The van der Waals surface area contributed by atoms with E-state index in [1.807, 2.05) is 0 Å². The maximum atomic E-state index is 12.8. The molecule has 0 amide bonds. The molecule has 0 rings (SSSR count). The maximum absolute atomic E-state index is 12.8. The SMILES string of the molecule is CC/C=C\C/C=C\C/C=C\C/C=C\C/C=C\C/C=C\C/C=C\CCCCCC(=O)OCC(COC(=O)CCCCCCC/C=C\C/C=C\CCCCC)OC(=O)CCCC/C=C\C/C=C\C/C=C\C/C=C\CC. The van der Waals surface area contributed by atoms with E-state index in [1.54, 1.807) is 0 Å². The molecule has 1 unspecified atom stereocenters. The molecule has 0 bridgehead atoms. The van der Waals surface area contributed by atoms with E-state index in [2.05, 4.69) is 179 Å². The minimum atomic E-state index is -0.828. The number of unbranched alkanes of at least 4 members (excludes halogenated alkanes) is 13. The van der Waals surface area contributed by atoms with E-state index in [9.17, 15) is 14.4 Å². The van der Waals surface area contributed by atoms with Gasteiger partial charge in [-0.15, -0.1) is 0 Å². The molecule has 0 saturated heterocycles. The molecule has 73 heavy (non-hydrogen) atoms. The third-order valence-corrected chi connectivity index (χ3v) is 11.5. The Hall–Kier alpha value is -4.97. The first kappa shape index (κ1) is 68.0. The Labute approximate surface area is 448 Å². The van der Waals surface area contributed by atoms with Gasteiger partial charge in [0.05, 0.1) is 0 Å². The summed E-state index contributed by atoms with van der Waals surface area (Å²) < 4.78 is 16.8. The van der Waals surface area contributed by atoms with Crippen molar-refractivity contribution in [3.05, 3.63) is 158 Å². The van der Waals surface area contributed by atoms with Crippen LogP contribution in [0, 0.1) is 0 Å². The molecule has 0 spiro atoms. The van der Waals surface area contributed by atoms with E-state index < -0.39 is 6.10 Å². The number of esters is 3. The highest BCUT2D eigenvalue weighted by Gasteiger charge is 2.19. The normalized spacial score (nSPS) is 13.3. The van der Waals surface area contributed by atoms with Crippen LogP contribution in [0.2, 0.25) is 0 Å². The molecule has 6 heteroatoms. The second kappa shape index (κ2) is 59.6. The smallest absolute Gasteiger partial charge is 0.306 e. The molecule has 0 fully saturated rings. The lowest BCUT2D eigenvalue weighted by atomic mass is 10.1. The van der Waals surface area contributed by atoms with Crippen molar-refractivity contribution in [3.8, 4) is 0 Å². The minimum absolute atomic E-state index is 0.120. The van der Waals surface area contributed by atoms with Crippen molar-refractivity contribution in [2.24, 2.45) is 0 Å². The molecule has 0 aromatic rings. The zero-order valence-electron chi connectivity index (χ0n) is 46.6. The number of allylic oxidation sites excluding steroid dienone is 26. The molecular weight excluding hydrogens is 901 g/mol. The summed E-state index contributed by atoms with van der Waals surface area (Å²) in [4.78, 5) is 38.2. The summed E-state index contributed by atoms with van der Waals surface area (Å²) in [5.41, 5.74) is 0. The van der Waals surface area contributed by atoms with Crippen LogP contribution < -0.4 is 0 Å². The van der Waals surface area contributed by atoms with Crippen molar-refractivity contribution in [1.82, 2.24) is 0 Å². The monoisotopic (exact) mass is 1000 g/mol. The van der Waals surface area contributed by atoms with Crippen LogP contribution in [0.25, 0.3) is 0 Å². The third-order valence-electron chi connectivity index (χ3n) is 11.5. The van der Waals surface area contributed by atoms with Gasteiger partial charge >= 0.3 is 17.9 Å². The van der Waals surface area contributed by atoms with Gasteiger partial charge in [0.15, 0.2) is 6.10 Å². The number of hydrogen-bond donors (Lipinski definition) is 0. The van der Waals surface area contributed by atoms with Gasteiger partial charge in [-0.2, -0.15) is 0 Å². The number of ether oxygens (including phenoxy) is 3. The molecule has 0 radical (unpaired) electrons. The van der Waals surface area contributed by atoms with E-state index in [0.717, 1.165) is 154 Å².